The molecular formula is C15H27N3. The first kappa shape index (κ1) is 15.1. The Morgan fingerprint density at radius 3 is 2.50 bits per heavy atom. The summed E-state index contributed by atoms with van der Waals surface area (Å²) in [5.41, 5.74) is 1.37. The lowest BCUT2D eigenvalue weighted by atomic mass is 9.95. The molecule has 0 aliphatic rings. The molecule has 3 heteroatoms. The summed E-state index contributed by atoms with van der Waals surface area (Å²) < 4.78 is 0. The normalized spacial score (nSPS) is 13.2. The lowest BCUT2D eigenvalue weighted by Gasteiger charge is -2.26. The Labute approximate surface area is 112 Å². The number of rotatable bonds is 8. The molecule has 0 aliphatic carbocycles. The number of pyridine rings is 1. The van der Waals surface area contributed by atoms with E-state index in [0.29, 0.717) is 0 Å². The zero-order valence-corrected chi connectivity index (χ0v) is 12.2. The van der Waals surface area contributed by atoms with Gasteiger partial charge in [-0.3, -0.25) is 4.98 Å². The number of aromatic nitrogens is 1. The maximum absolute atomic E-state index is 4.05. The van der Waals surface area contributed by atoms with Crippen LogP contribution in [0.25, 0.3) is 0 Å². The summed E-state index contributed by atoms with van der Waals surface area (Å²) in [7, 11) is 4.25. The van der Waals surface area contributed by atoms with Crippen LogP contribution in [0.1, 0.15) is 19.4 Å². The number of hydrogen-bond acceptors (Lipinski definition) is 3. The van der Waals surface area contributed by atoms with Crippen molar-refractivity contribution in [2.75, 3.05) is 33.7 Å². The van der Waals surface area contributed by atoms with Crippen LogP contribution < -0.4 is 5.32 Å². The summed E-state index contributed by atoms with van der Waals surface area (Å²) in [5.74, 6) is 1.44. The van der Waals surface area contributed by atoms with Crippen molar-refractivity contribution >= 4 is 0 Å². The molecule has 0 saturated carbocycles. The van der Waals surface area contributed by atoms with Gasteiger partial charge in [0.2, 0.25) is 0 Å². The van der Waals surface area contributed by atoms with Crippen molar-refractivity contribution in [1.82, 2.24) is 15.2 Å². The maximum Gasteiger partial charge on any atom is 0.0270 e. The zero-order valence-electron chi connectivity index (χ0n) is 12.2. The van der Waals surface area contributed by atoms with E-state index in [4.69, 9.17) is 0 Å². The molecule has 18 heavy (non-hydrogen) atoms. The van der Waals surface area contributed by atoms with E-state index in [1.165, 1.54) is 5.56 Å². The highest BCUT2D eigenvalue weighted by molar-refractivity contribution is 5.09. The highest BCUT2D eigenvalue weighted by atomic mass is 15.1. The predicted molar refractivity (Wildman–Crippen MR) is 77.7 cm³/mol. The van der Waals surface area contributed by atoms with Crippen LogP contribution in [0.5, 0.6) is 0 Å². The van der Waals surface area contributed by atoms with Gasteiger partial charge in [-0.2, -0.15) is 0 Å². The molecule has 0 aliphatic heterocycles. The smallest absolute Gasteiger partial charge is 0.0270 e. The van der Waals surface area contributed by atoms with E-state index >= 15 is 0 Å². The van der Waals surface area contributed by atoms with E-state index in [0.717, 1.165) is 37.9 Å². The SMILES string of the molecule is CNCC(CN(C)CCc1ccncc1)C(C)C. The molecule has 102 valence electrons. The van der Waals surface area contributed by atoms with Crippen LogP contribution in [0.2, 0.25) is 0 Å². The monoisotopic (exact) mass is 249 g/mol. The second-order valence-electron chi connectivity index (χ2n) is 5.43. The van der Waals surface area contributed by atoms with Crippen molar-refractivity contribution in [2.45, 2.75) is 20.3 Å². The van der Waals surface area contributed by atoms with Crippen LogP contribution in [0.4, 0.5) is 0 Å². The molecular weight excluding hydrogens is 222 g/mol. The Balaban J connectivity index is 2.34. The summed E-state index contributed by atoms with van der Waals surface area (Å²) in [6.07, 6.45) is 4.84. The van der Waals surface area contributed by atoms with Crippen molar-refractivity contribution < 1.29 is 0 Å². The molecule has 1 aromatic rings. The quantitative estimate of drug-likeness (QED) is 0.764. The molecule has 1 heterocycles. The van der Waals surface area contributed by atoms with Crippen LogP contribution >= 0.6 is 0 Å². The molecule has 0 bridgehead atoms. The van der Waals surface area contributed by atoms with Crippen molar-refractivity contribution in [3.8, 4) is 0 Å². The first-order valence-electron chi connectivity index (χ1n) is 6.85. The molecule has 1 N–H and O–H groups in total. The van der Waals surface area contributed by atoms with Crippen LogP contribution in [0.3, 0.4) is 0 Å². The average molecular weight is 249 g/mol. The number of likely N-dealkylation sites (N-methyl/N-ethyl adjacent to an activating group) is 1. The molecule has 0 spiro atoms. The first-order chi connectivity index (χ1) is 8.63. The lowest BCUT2D eigenvalue weighted by Crippen LogP contribution is -2.35. The fourth-order valence-corrected chi connectivity index (χ4v) is 2.13. The summed E-state index contributed by atoms with van der Waals surface area (Å²) in [6.45, 7) is 7.97. The molecule has 0 amide bonds. The second kappa shape index (κ2) is 8.22. The maximum atomic E-state index is 4.05. The Bertz CT molecular complexity index is 311. The van der Waals surface area contributed by atoms with Gasteiger partial charge in [0.05, 0.1) is 0 Å². The minimum atomic E-state index is 0.720. The van der Waals surface area contributed by atoms with Gasteiger partial charge in [0.25, 0.3) is 0 Å². The van der Waals surface area contributed by atoms with E-state index in [1.54, 1.807) is 0 Å². The van der Waals surface area contributed by atoms with Gasteiger partial charge < -0.3 is 10.2 Å². The average Bonchev–Trinajstić information content (AvgIpc) is 2.37. The van der Waals surface area contributed by atoms with E-state index < -0.39 is 0 Å². The number of nitrogens with one attached hydrogen (secondary N) is 1. The summed E-state index contributed by atoms with van der Waals surface area (Å²) in [4.78, 5) is 6.48. The summed E-state index contributed by atoms with van der Waals surface area (Å²) in [6, 6.07) is 4.20. The predicted octanol–water partition coefficient (Wildman–Crippen LogP) is 2.05. The molecule has 0 saturated heterocycles. The fraction of sp³-hybridized carbons (Fsp3) is 0.667. The molecule has 3 nitrogen and oxygen atoms in total. The van der Waals surface area contributed by atoms with E-state index in [2.05, 4.69) is 48.2 Å². The minimum absolute atomic E-state index is 0.720. The van der Waals surface area contributed by atoms with Crippen LogP contribution in [0, 0.1) is 11.8 Å². The highest BCUT2D eigenvalue weighted by Gasteiger charge is 2.14. The largest absolute Gasteiger partial charge is 0.319 e. The fourth-order valence-electron chi connectivity index (χ4n) is 2.13. The van der Waals surface area contributed by atoms with Gasteiger partial charge in [-0.05, 0) is 56.6 Å². The van der Waals surface area contributed by atoms with Crippen molar-refractivity contribution in [2.24, 2.45) is 11.8 Å². The Morgan fingerprint density at radius 2 is 1.94 bits per heavy atom. The van der Waals surface area contributed by atoms with Gasteiger partial charge in [0.1, 0.15) is 0 Å². The third-order valence-corrected chi connectivity index (χ3v) is 3.49. The number of hydrogen-bond donors (Lipinski definition) is 1. The molecule has 0 fully saturated rings. The zero-order chi connectivity index (χ0) is 13.4. The van der Waals surface area contributed by atoms with Crippen molar-refractivity contribution in [1.29, 1.82) is 0 Å². The van der Waals surface area contributed by atoms with Gasteiger partial charge in [0, 0.05) is 25.5 Å². The Hall–Kier alpha value is -0.930. The summed E-state index contributed by atoms with van der Waals surface area (Å²) >= 11 is 0. The van der Waals surface area contributed by atoms with Crippen LogP contribution in [-0.2, 0) is 6.42 Å². The van der Waals surface area contributed by atoms with E-state index in [1.807, 2.05) is 19.4 Å². The second-order valence-corrected chi connectivity index (χ2v) is 5.43. The van der Waals surface area contributed by atoms with Crippen LogP contribution in [0.15, 0.2) is 24.5 Å². The van der Waals surface area contributed by atoms with E-state index in [-0.39, 0.29) is 0 Å². The standard InChI is InChI=1S/C15H27N3/c1-13(2)15(11-16-3)12-18(4)10-7-14-5-8-17-9-6-14/h5-6,8-9,13,15-16H,7,10-12H2,1-4H3. The molecule has 1 atom stereocenters. The van der Waals surface area contributed by atoms with E-state index in [9.17, 15) is 0 Å². The number of nitrogens with zero attached hydrogens (tertiary/aromatic N) is 2. The minimum Gasteiger partial charge on any atom is -0.319 e. The highest BCUT2D eigenvalue weighted by Crippen LogP contribution is 2.11. The Kier molecular flexibility index (Phi) is 6.91. The van der Waals surface area contributed by atoms with Gasteiger partial charge >= 0.3 is 0 Å². The van der Waals surface area contributed by atoms with Gasteiger partial charge in [-0.1, -0.05) is 13.8 Å². The third kappa shape index (κ3) is 5.61. The van der Waals surface area contributed by atoms with Gasteiger partial charge in [-0.15, -0.1) is 0 Å². The summed E-state index contributed by atoms with van der Waals surface area (Å²) in [5, 5.41) is 3.29. The van der Waals surface area contributed by atoms with Gasteiger partial charge in [0.15, 0.2) is 0 Å². The molecule has 1 unspecified atom stereocenters. The van der Waals surface area contributed by atoms with Crippen LogP contribution in [-0.4, -0.2) is 43.6 Å². The molecule has 0 aromatic carbocycles. The third-order valence-electron chi connectivity index (χ3n) is 3.49. The first-order valence-corrected chi connectivity index (χ1v) is 6.85. The van der Waals surface area contributed by atoms with Crippen molar-refractivity contribution in [3.05, 3.63) is 30.1 Å². The Morgan fingerprint density at radius 1 is 1.28 bits per heavy atom. The van der Waals surface area contributed by atoms with Gasteiger partial charge in [-0.25, -0.2) is 0 Å². The topological polar surface area (TPSA) is 28.2 Å². The molecule has 0 radical (unpaired) electrons. The van der Waals surface area contributed by atoms with Crippen molar-refractivity contribution in [3.63, 3.8) is 0 Å². The molecule has 1 rings (SSSR count). The molecule has 1 aromatic heterocycles. The lowest BCUT2D eigenvalue weighted by molar-refractivity contribution is 0.235.